The van der Waals surface area contributed by atoms with E-state index in [4.69, 9.17) is 9.47 Å². The minimum Gasteiger partial charge on any atom is -0.494 e. The number of ketones is 1. The second-order valence-electron chi connectivity index (χ2n) is 7.97. The average molecular weight is 490 g/mol. The number of nitrogens with zero attached hydrogens (tertiary/aromatic N) is 2. The first-order chi connectivity index (χ1) is 15.8. The summed E-state index contributed by atoms with van der Waals surface area (Å²) in [5.41, 5.74) is 1.15. The van der Waals surface area contributed by atoms with Gasteiger partial charge in [0, 0.05) is 18.7 Å². The van der Waals surface area contributed by atoms with E-state index in [0.717, 1.165) is 16.0 Å². The first-order valence-corrected chi connectivity index (χ1v) is 13.1. The maximum atomic E-state index is 13.1. The van der Waals surface area contributed by atoms with Crippen LogP contribution >= 0.6 is 11.3 Å². The van der Waals surface area contributed by atoms with Crippen molar-refractivity contribution in [1.29, 1.82) is 0 Å². The van der Waals surface area contributed by atoms with Crippen LogP contribution in [0, 0.1) is 0 Å². The normalized spacial score (nSPS) is 19.5. The van der Waals surface area contributed by atoms with Crippen LogP contribution in [0.4, 0.5) is 5.13 Å². The molecule has 1 aromatic heterocycles. The Labute approximate surface area is 197 Å². The zero-order valence-corrected chi connectivity index (χ0v) is 20.4. The van der Waals surface area contributed by atoms with Gasteiger partial charge in [0.15, 0.2) is 10.9 Å². The molecule has 176 valence electrons. The lowest BCUT2D eigenvalue weighted by molar-refractivity contribution is -0.0440. The second kappa shape index (κ2) is 9.76. The summed E-state index contributed by atoms with van der Waals surface area (Å²) >= 11 is 1.43. The number of sulfonamides is 1. The molecule has 10 heteroatoms. The largest absolute Gasteiger partial charge is 0.494 e. The quantitative estimate of drug-likeness (QED) is 0.481. The van der Waals surface area contributed by atoms with Gasteiger partial charge in [0.1, 0.15) is 5.75 Å². The molecule has 33 heavy (non-hydrogen) atoms. The predicted octanol–water partition coefficient (Wildman–Crippen LogP) is 3.79. The van der Waals surface area contributed by atoms with E-state index < -0.39 is 10.0 Å². The number of rotatable bonds is 8. The van der Waals surface area contributed by atoms with Crippen molar-refractivity contribution >= 4 is 42.5 Å². The Kier molecular flexibility index (Phi) is 6.99. The SMILES string of the molecule is CCOc1ccc2nc(NCC(=O)c3cccc(S(=O)(=O)N4CC(C)OC(C)C4)c3)sc2c1. The van der Waals surface area contributed by atoms with E-state index in [9.17, 15) is 13.2 Å². The highest BCUT2D eigenvalue weighted by Gasteiger charge is 2.32. The first-order valence-electron chi connectivity index (χ1n) is 10.8. The Morgan fingerprint density at radius 2 is 1.97 bits per heavy atom. The molecule has 4 rings (SSSR count). The fraction of sp³-hybridized carbons (Fsp3) is 0.391. The summed E-state index contributed by atoms with van der Waals surface area (Å²) in [6.07, 6.45) is -0.369. The number of carbonyl (C=O) groups is 1. The lowest BCUT2D eigenvalue weighted by atomic mass is 10.1. The zero-order chi connectivity index (χ0) is 23.6. The smallest absolute Gasteiger partial charge is 0.243 e. The minimum atomic E-state index is -3.72. The van der Waals surface area contributed by atoms with Gasteiger partial charge in [-0.1, -0.05) is 23.5 Å². The van der Waals surface area contributed by atoms with E-state index in [2.05, 4.69) is 10.3 Å². The monoisotopic (exact) mass is 489 g/mol. The Morgan fingerprint density at radius 3 is 2.70 bits per heavy atom. The van der Waals surface area contributed by atoms with E-state index in [1.807, 2.05) is 39.0 Å². The van der Waals surface area contributed by atoms with Gasteiger partial charge in [-0.2, -0.15) is 4.31 Å². The van der Waals surface area contributed by atoms with Gasteiger partial charge in [0.2, 0.25) is 10.0 Å². The molecule has 0 spiro atoms. The topological polar surface area (TPSA) is 97.8 Å². The second-order valence-corrected chi connectivity index (χ2v) is 10.9. The van der Waals surface area contributed by atoms with E-state index in [0.29, 0.717) is 17.3 Å². The molecule has 3 aromatic rings. The summed E-state index contributed by atoms with van der Waals surface area (Å²) in [6, 6.07) is 11.9. The summed E-state index contributed by atoms with van der Waals surface area (Å²) in [6.45, 7) is 6.80. The highest BCUT2D eigenvalue weighted by molar-refractivity contribution is 7.89. The third-order valence-electron chi connectivity index (χ3n) is 5.25. The maximum absolute atomic E-state index is 13.1. The third-order valence-corrected chi connectivity index (χ3v) is 8.05. The van der Waals surface area contributed by atoms with Gasteiger partial charge in [0.05, 0.1) is 40.5 Å². The molecule has 0 amide bonds. The Bertz CT molecular complexity index is 1250. The minimum absolute atomic E-state index is 0.00720. The van der Waals surface area contributed by atoms with Crippen LogP contribution in [0.3, 0.4) is 0 Å². The molecular weight excluding hydrogens is 462 g/mol. The van der Waals surface area contributed by atoms with Crippen LogP contribution in [0.1, 0.15) is 31.1 Å². The maximum Gasteiger partial charge on any atom is 0.243 e. The number of aromatic nitrogens is 1. The molecule has 0 aliphatic carbocycles. The van der Waals surface area contributed by atoms with Gasteiger partial charge >= 0.3 is 0 Å². The number of morpholine rings is 1. The summed E-state index contributed by atoms with van der Waals surface area (Å²) in [4.78, 5) is 17.4. The van der Waals surface area contributed by atoms with Crippen LogP contribution in [0.2, 0.25) is 0 Å². The molecule has 1 fully saturated rings. The Balaban J connectivity index is 1.46. The van der Waals surface area contributed by atoms with Crippen LogP contribution in [0.5, 0.6) is 5.75 Å². The number of carbonyl (C=O) groups excluding carboxylic acids is 1. The molecule has 8 nitrogen and oxygen atoms in total. The van der Waals surface area contributed by atoms with E-state index in [1.54, 1.807) is 12.1 Å². The van der Waals surface area contributed by atoms with Gasteiger partial charge in [-0.25, -0.2) is 13.4 Å². The number of fused-ring (bicyclic) bond motifs is 1. The van der Waals surface area contributed by atoms with Gasteiger partial charge < -0.3 is 14.8 Å². The molecular formula is C23H27N3O5S2. The highest BCUT2D eigenvalue weighted by Crippen LogP contribution is 2.29. The van der Waals surface area contributed by atoms with Crippen LogP contribution < -0.4 is 10.1 Å². The number of nitrogens with one attached hydrogen (secondary N) is 1. The van der Waals surface area contributed by atoms with Crippen LogP contribution in [-0.4, -0.2) is 61.9 Å². The van der Waals surface area contributed by atoms with Crippen molar-refractivity contribution in [2.24, 2.45) is 0 Å². The number of ether oxygens (including phenoxy) is 2. The standard InChI is InChI=1S/C23H27N3O5S2/c1-4-30-18-8-9-20-22(11-18)32-23(25-20)24-12-21(27)17-6-5-7-19(10-17)33(28,29)26-13-15(2)31-16(3)14-26/h5-11,15-16H,4,12-14H2,1-3H3,(H,24,25). The number of thiazole rings is 1. The lowest BCUT2D eigenvalue weighted by Gasteiger charge is -2.34. The molecule has 1 saturated heterocycles. The molecule has 0 radical (unpaired) electrons. The average Bonchev–Trinajstić information content (AvgIpc) is 3.19. The Hall–Kier alpha value is -2.53. The van der Waals surface area contributed by atoms with Gasteiger partial charge in [-0.3, -0.25) is 4.79 Å². The zero-order valence-electron chi connectivity index (χ0n) is 18.8. The van der Waals surface area contributed by atoms with Gasteiger partial charge in [-0.05, 0) is 51.1 Å². The summed E-state index contributed by atoms with van der Waals surface area (Å²) in [7, 11) is -3.72. The Morgan fingerprint density at radius 1 is 1.21 bits per heavy atom. The molecule has 2 unspecified atom stereocenters. The number of benzene rings is 2. The van der Waals surface area contributed by atoms with Crippen LogP contribution in [0.15, 0.2) is 47.4 Å². The molecule has 2 atom stereocenters. The summed E-state index contributed by atoms with van der Waals surface area (Å²) in [5.74, 6) is 0.559. The van der Waals surface area contributed by atoms with Crippen molar-refractivity contribution in [3.05, 3.63) is 48.0 Å². The van der Waals surface area contributed by atoms with Crippen molar-refractivity contribution in [1.82, 2.24) is 9.29 Å². The van der Waals surface area contributed by atoms with Crippen molar-refractivity contribution < 1.29 is 22.7 Å². The molecule has 0 bridgehead atoms. The number of hydrogen-bond donors (Lipinski definition) is 1. The van der Waals surface area contributed by atoms with Crippen LogP contribution in [0.25, 0.3) is 10.2 Å². The molecule has 1 aliphatic rings. The van der Waals surface area contributed by atoms with Crippen molar-refractivity contribution in [3.63, 3.8) is 0 Å². The molecule has 2 aromatic carbocycles. The van der Waals surface area contributed by atoms with Gasteiger partial charge in [-0.15, -0.1) is 0 Å². The van der Waals surface area contributed by atoms with E-state index in [1.165, 1.54) is 27.8 Å². The van der Waals surface area contributed by atoms with E-state index in [-0.39, 0.29) is 42.5 Å². The molecule has 1 aliphatic heterocycles. The van der Waals surface area contributed by atoms with Crippen LogP contribution in [-0.2, 0) is 14.8 Å². The number of Topliss-reactive ketones (excluding diaryl/α,β-unsaturated/α-hetero) is 1. The summed E-state index contributed by atoms with van der Waals surface area (Å²) < 4.78 is 39.8. The fourth-order valence-electron chi connectivity index (χ4n) is 3.80. The fourth-order valence-corrected chi connectivity index (χ4v) is 6.33. The predicted molar refractivity (Wildman–Crippen MR) is 129 cm³/mol. The number of anilines is 1. The van der Waals surface area contributed by atoms with Crippen molar-refractivity contribution in [3.8, 4) is 5.75 Å². The van der Waals surface area contributed by atoms with E-state index >= 15 is 0 Å². The van der Waals surface area contributed by atoms with Crippen molar-refractivity contribution in [2.45, 2.75) is 37.9 Å². The third kappa shape index (κ3) is 5.35. The summed E-state index contributed by atoms with van der Waals surface area (Å²) in [5, 5.41) is 3.68. The lowest BCUT2D eigenvalue weighted by Crippen LogP contribution is -2.48. The molecule has 2 heterocycles. The van der Waals surface area contributed by atoms with Crippen molar-refractivity contribution in [2.75, 3.05) is 31.6 Å². The number of hydrogen-bond acceptors (Lipinski definition) is 8. The highest BCUT2D eigenvalue weighted by atomic mass is 32.2. The molecule has 1 N–H and O–H groups in total. The molecule has 0 saturated carbocycles. The first kappa shape index (κ1) is 23.6. The van der Waals surface area contributed by atoms with Gasteiger partial charge in [0.25, 0.3) is 0 Å².